The Bertz CT molecular complexity index is 343. The number of carbonyl (C=O) groups excluding carboxylic acids is 1. The molecule has 0 saturated carbocycles. The molecule has 1 atom stereocenters. The largest absolute Gasteiger partial charge is 0.394 e. The van der Waals surface area contributed by atoms with Crippen LogP contribution in [0.15, 0.2) is 0 Å². The Balaban J connectivity index is 2.71. The summed E-state index contributed by atoms with van der Waals surface area (Å²) in [6, 6.07) is -0.397. The summed E-state index contributed by atoms with van der Waals surface area (Å²) in [5.41, 5.74) is 1.88. The van der Waals surface area contributed by atoms with Gasteiger partial charge >= 0.3 is 0 Å². The molecule has 0 fully saturated rings. The van der Waals surface area contributed by atoms with Crippen molar-refractivity contribution in [2.75, 3.05) is 20.3 Å². The highest BCUT2D eigenvalue weighted by Gasteiger charge is 2.18. The van der Waals surface area contributed by atoms with Crippen LogP contribution in [-0.2, 0) is 4.74 Å². The summed E-state index contributed by atoms with van der Waals surface area (Å²) < 4.78 is 4.88. The van der Waals surface area contributed by atoms with Gasteiger partial charge in [0.05, 0.1) is 30.5 Å². The van der Waals surface area contributed by atoms with Crippen LogP contribution in [0.2, 0.25) is 0 Å². The maximum absolute atomic E-state index is 11.9. The van der Waals surface area contributed by atoms with Crippen molar-refractivity contribution < 1.29 is 14.6 Å². The van der Waals surface area contributed by atoms with Crippen molar-refractivity contribution in [1.29, 1.82) is 0 Å². The summed E-state index contributed by atoms with van der Waals surface area (Å²) >= 11 is 0. The Morgan fingerprint density at radius 3 is 2.75 bits per heavy atom. The van der Waals surface area contributed by atoms with E-state index in [0.717, 1.165) is 0 Å². The van der Waals surface area contributed by atoms with Gasteiger partial charge in [0, 0.05) is 12.8 Å². The molecule has 6 heteroatoms. The lowest BCUT2D eigenvalue weighted by Gasteiger charge is -2.15. The van der Waals surface area contributed by atoms with Gasteiger partial charge in [-0.2, -0.15) is 5.10 Å². The van der Waals surface area contributed by atoms with Gasteiger partial charge in [0.2, 0.25) is 0 Å². The average molecular weight is 227 g/mol. The van der Waals surface area contributed by atoms with Crippen molar-refractivity contribution in [3.05, 3.63) is 17.0 Å². The van der Waals surface area contributed by atoms with Crippen LogP contribution >= 0.6 is 0 Å². The van der Waals surface area contributed by atoms with E-state index in [0.29, 0.717) is 17.0 Å². The zero-order valence-corrected chi connectivity index (χ0v) is 9.70. The number of hydrogen-bond donors (Lipinski definition) is 3. The lowest BCUT2D eigenvalue weighted by atomic mass is 10.1. The van der Waals surface area contributed by atoms with Crippen molar-refractivity contribution in [1.82, 2.24) is 15.5 Å². The first-order chi connectivity index (χ1) is 7.60. The summed E-state index contributed by atoms with van der Waals surface area (Å²) in [6.07, 6.45) is 0. The second-order valence-electron chi connectivity index (χ2n) is 3.62. The Morgan fingerprint density at radius 1 is 1.62 bits per heavy atom. The van der Waals surface area contributed by atoms with Crippen LogP contribution < -0.4 is 5.32 Å². The minimum absolute atomic E-state index is 0.157. The van der Waals surface area contributed by atoms with Crippen molar-refractivity contribution >= 4 is 5.91 Å². The molecule has 1 aromatic rings. The van der Waals surface area contributed by atoms with E-state index in [1.807, 2.05) is 0 Å². The molecular weight excluding hydrogens is 210 g/mol. The maximum atomic E-state index is 11.9. The van der Waals surface area contributed by atoms with Crippen LogP contribution in [0.5, 0.6) is 0 Å². The highest BCUT2D eigenvalue weighted by atomic mass is 16.5. The molecule has 16 heavy (non-hydrogen) atoms. The first-order valence-electron chi connectivity index (χ1n) is 5.02. The van der Waals surface area contributed by atoms with Gasteiger partial charge in [-0.05, 0) is 13.8 Å². The fraction of sp³-hybridized carbons (Fsp3) is 0.600. The minimum atomic E-state index is -0.397. The van der Waals surface area contributed by atoms with Gasteiger partial charge in [0.25, 0.3) is 5.91 Å². The van der Waals surface area contributed by atoms with Gasteiger partial charge in [-0.3, -0.25) is 9.89 Å². The first kappa shape index (κ1) is 12.7. The number of methoxy groups -OCH3 is 1. The molecule has 0 aliphatic carbocycles. The third-order valence-electron chi connectivity index (χ3n) is 2.28. The quantitative estimate of drug-likeness (QED) is 0.648. The molecule has 6 nitrogen and oxygen atoms in total. The minimum Gasteiger partial charge on any atom is -0.394 e. The van der Waals surface area contributed by atoms with Crippen molar-refractivity contribution in [2.24, 2.45) is 0 Å². The molecule has 1 heterocycles. The zero-order chi connectivity index (χ0) is 12.1. The number of aromatic nitrogens is 2. The number of H-pyrrole nitrogens is 1. The molecule has 1 rings (SSSR count). The van der Waals surface area contributed by atoms with Crippen LogP contribution in [0.4, 0.5) is 0 Å². The number of aliphatic hydroxyl groups excluding tert-OH is 1. The fourth-order valence-corrected chi connectivity index (χ4v) is 1.48. The standard InChI is InChI=1S/C10H17N3O3/c1-6-9(7(2)13-12-6)10(15)11-8(4-14)5-16-3/h8,14H,4-5H2,1-3H3,(H,11,15)(H,12,13). The van der Waals surface area contributed by atoms with Gasteiger partial charge in [0.1, 0.15) is 0 Å². The molecule has 90 valence electrons. The first-order valence-corrected chi connectivity index (χ1v) is 5.02. The molecule has 0 aliphatic heterocycles. The predicted octanol–water partition coefficient (Wildman–Crippen LogP) is -0.236. The average Bonchev–Trinajstić information content (AvgIpc) is 2.57. The third kappa shape index (κ3) is 2.80. The van der Waals surface area contributed by atoms with Crippen LogP contribution in [0.25, 0.3) is 0 Å². The number of amides is 1. The molecule has 3 N–H and O–H groups in total. The number of aromatic amines is 1. The highest BCUT2D eigenvalue weighted by Crippen LogP contribution is 2.08. The van der Waals surface area contributed by atoms with Gasteiger partial charge in [-0.15, -0.1) is 0 Å². The van der Waals surface area contributed by atoms with Crippen LogP contribution in [0.1, 0.15) is 21.7 Å². The molecule has 0 bridgehead atoms. The lowest BCUT2D eigenvalue weighted by Crippen LogP contribution is -2.40. The van der Waals surface area contributed by atoms with E-state index in [1.165, 1.54) is 7.11 Å². The summed E-state index contributed by atoms with van der Waals surface area (Å²) in [5, 5.41) is 18.4. The lowest BCUT2D eigenvalue weighted by molar-refractivity contribution is 0.0838. The normalized spacial score (nSPS) is 12.5. The molecule has 0 spiro atoms. The fourth-order valence-electron chi connectivity index (χ4n) is 1.48. The molecule has 1 aromatic heterocycles. The zero-order valence-electron chi connectivity index (χ0n) is 9.70. The predicted molar refractivity (Wildman–Crippen MR) is 58.3 cm³/mol. The van der Waals surface area contributed by atoms with E-state index in [1.54, 1.807) is 13.8 Å². The van der Waals surface area contributed by atoms with Crippen LogP contribution in [0.3, 0.4) is 0 Å². The molecular formula is C10H17N3O3. The number of carbonyl (C=O) groups is 1. The van der Waals surface area contributed by atoms with Gasteiger partial charge in [-0.1, -0.05) is 0 Å². The monoisotopic (exact) mass is 227 g/mol. The number of ether oxygens (including phenoxy) is 1. The molecule has 0 saturated heterocycles. The van der Waals surface area contributed by atoms with Gasteiger partial charge in [-0.25, -0.2) is 0 Å². The van der Waals surface area contributed by atoms with Crippen LogP contribution in [0, 0.1) is 13.8 Å². The number of nitrogens with one attached hydrogen (secondary N) is 2. The van der Waals surface area contributed by atoms with Crippen molar-refractivity contribution in [3.8, 4) is 0 Å². The Labute approximate surface area is 94.0 Å². The molecule has 1 amide bonds. The number of aliphatic hydroxyl groups is 1. The van der Waals surface area contributed by atoms with E-state index in [4.69, 9.17) is 9.84 Å². The second-order valence-corrected chi connectivity index (χ2v) is 3.62. The van der Waals surface area contributed by atoms with Gasteiger partial charge < -0.3 is 15.2 Å². The third-order valence-corrected chi connectivity index (χ3v) is 2.28. The number of nitrogens with zero attached hydrogens (tertiary/aromatic N) is 1. The van der Waals surface area contributed by atoms with E-state index in [2.05, 4.69) is 15.5 Å². The SMILES string of the molecule is COCC(CO)NC(=O)c1c(C)n[nH]c1C. The summed E-state index contributed by atoms with van der Waals surface area (Å²) in [4.78, 5) is 11.9. The maximum Gasteiger partial charge on any atom is 0.255 e. The van der Waals surface area contributed by atoms with E-state index in [9.17, 15) is 4.79 Å². The summed E-state index contributed by atoms with van der Waals surface area (Å²) in [5.74, 6) is -0.250. The molecule has 1 unspecified atom stereocenters. The van der Waals surface area contributed by atoms with Gasteiger partial charge in [0.15, 0.2) is 0 Å². The number of rotatable bonds is 5. The van der Waals surface area contributed by atoms with E-state index >= 15 is 0 Å². The Morgan fingerprint density at radius 2 is 2.31 bits per heavy atom. The Kier molecular flexibility index (Phi) is 4.45. The molecule has 0 radical (unpaired) electrons. The molecule has 0 aromatic carbocycles. The molecule has 0 aliphatic rings. The summed E-state index contributed by atoms with van der Waals surface area (Å²) in [6.45, 7) is 3.65. The van der Waals surface area contributed by atoms with E-state index in [-0.39, 0.29) is 19.1 Å². The van der Waals surface area contributed by atoms with Crippen LogP contribution in [-0.4, -0.2) is 47.6 Å². The van der Waals surface area contributed by atoms with E-state index < -0.39 is 6.04 Å². The number of aryl methyl sites for hydroxylation is 2. The van der Waals surface area contributed by atoms with Crippen molar-refractivity contribution in [3.63, 3.8) is 0 Å². The van der Waals surface area contributed by atoms with Crippen molar-refractivity contribution in [2.45, 2.75) is 19.9 Å². The highest BCUT2D eigenvalue weighted by molar-refractivity contribution is 5.96. The Hall–Kier alpha value is -1.40. The smallest absolute Gasteiger partial charge is 0.255 e. The topological polar surface area (TPSA) is 87.2 Å². The summed E-state index contributed by atoms with van der Waals surface area (Å²) in [7, 11) is 1.52. The number of hydrogen-bond acceptors (Lipinski definition) is 4. The second kappa shape index (κ2) is 5.62.